The van der Waals surface area contributed by atoms with E-state index in [1.807, 2.05) is 0 Å². The van der Waals surface area contributed by atoms with Gasteiger partial charge >= 0.3 is 5.97 Å². The van der Waals surface area contributed by atoms with Crippen molar-refractivity contribution in [3.05, 3.63) is 29.0 Å². The first-order chi connectivity index (χ1) is 6.11. The zero-order chi connectivity index (χ0) is 9.84. The van der Waals surface area contributed by atoms with Gasteiger partial charge in [-0.15, -0.1) is 0 Å². The molecule has 1 rings (SSSR count). The maximum absolute atomic E-state index is 10.6. The second-order valence-corrected chi connectivity index (χ2v) is 3.32. The van der Waals surface area contributed by atoms with Gasteiger partial charge in [0.2, 0.25) is 0 Å². The van der Waals surface area contributed by atoms with Crippen LogP contribution in [0.15, 0.2) is 18.5 Å². The van der Waals surface area contributed by atoms with E-state index in [9.17, 15) is 4.79 Å². The quantitative estimate of drug-likeness (QED) is 0.810. The molecule has 0 aliphatic rings. The highest BCUT2D eigenvalue weighted by Gasteiger charge is 2.13. The van der Waals surface area contributed by atoms with Crippen molar-refractivity contribution in [3.8, 4) is 0 Å². The number of carbonyl (C=O) groups is 1. The summed E-state index contributed by atoms with van der Waals surface area (Å²) in [5.74, 6) is -1.25. The molecule has 0 bridgehead atoms. The molecule has 3 nitrogen and oxygen atoms in total. The van der Waals surface area contributed by atoms with Crippen LogP contribution in [0, 0.1) is 5.92 Å². The van der Waals surface area contributed by atoms with E-state index in [1.165, 1.54) is 0 Å². The van der Waals surface area contributed by atoms with Gasteiger partial charge in [-0.1, -0.05) is 18.5 Å². The van der Waals surface area contributed by atoms with E-state index in [0.717, 1.165) is 5.56 Å². The molecule has 1 aromatic heterocycles. The summed E-state index contributed by atoms with van der Waals surface area (Å²) in [5, 5.41) is 9.24. The number of halogens is 1. The Bertz CT molecular complexity index is 314. The molecular weight excluding hydrogens is 190 g/mol. The zero-order valence-electron chi connectivity index (χ0n) is 7.20. The lowest BCUT2D eigenvalue weighted by Gasteiger charge is -2.06. The van der Waals surface area contributed by atoms with Crippen molar-refractivity contribution in [2.24, 2.45) is 5.92 Å². The Morgan fingerprint density at radius 3 is 3.00 bits per heavy atom. The van der Waals surface area contributed by atoms with Crippen molar-refractivity contribution in [1.82, 2.24) is 4.98 Å². The van der Waals surface area contributed by atoms with Crippen LogP contribution in [-0.4, -0.2) is 16.1 Å². The molecule has 1 unspecified atom stereocenters. The van der Waals surface area contributed by atoms with Crippen LogP contribution in [0.5, 0.6) is 0 Å². The molecule has 1 N–H and O–H groups in total. The number of carboxylic acid groups (broad SMARTS) is 1. The lowest BCUT2D eigenvalue weighted by Crippen LogP contribution is -2.12. The highest BCUT2D eigenvalue weighted by atomic mass is 35.5. The van der Waals surface area contributed by atoms with E-state index in [1.54, 1.807) is 25.4 Å². The summed E-state index contributed by atoms with van der Waals surface area (Å²) in [7, 11) is 0. The monoisotopic (exact) mass is 199 g/mol. The number of rotatable bonds is 3. The molecule has 0 aromatic carbocycles. The minimum absolute atomic E-state index is 0.419. The third kappa shape index (κ3) is 2.70. The standard InChI is InChI=1S/C9H10ClNO2/c1-6(9(12)13)4-7-5-11-3-2-8(7)10/h2-3,5-6H,4H2,1H3,(H,12,13). The summed E-state index contributed by atoms with van der Waals surface area (Å²) in [5.41, 5.74) is 0.777. The Balaban J connectivity index is 2.74. The normalized spacial score (nSPS) is 12.5. The molecule has 0 fully saturated rings. The van der Waals surface area contributed by atoms with Gasteiger partial charge in [-0.05, 0) is 18.1 Å². The average Bonchev–Trinajstić information content (AvgIpc) is 2.08. The third-order valence-electron chi connectivity index (χ3n) is 1.79. The largest absolute Gasteiger partial charge is 0.481 e. The van der Waals surface area contributed by atoms with Crippen LogP contribution >= 0.6 is 11.6 Å². The van der Waals surface area contributed by atoms with Crippen molar-refractivity contribution < 1.29 is 9.90 Å². The predicted molar refractivity (Wildman–Crippen MR) is 49.8 cm³/mol. The van der Waals surface area contributed by atoms with Crippen LogP contribution in [0.1, 0.15) is 12.5 Å². The van der Waals surface area contributed by atoms with Crippen LogP contribution in [0.2, 0.25) is 5.02 Å². The summed E-state index contributed by atoms with van der Waals surface area (Å²) < 4.78 is 0. The number of pyridine rings is 1. The van der Waals surface area contributed by atoms with Gasteiger partial charge in [0.1, 0.15) is 0 Å². The Labute approximate surface area is 81.4 Å². The molecule has 0 aliphatic carbocycles. The Morgan fingerprint density at radius 2 is 2.46 bits per heavy atom. The molecule has 0 radical (unpaired) electrons. The molecule has 0 saturated heterocycles. The topological polar surface area (TPSA) is 50.2 Å². The number of aromatic nitrogens is 1. The molecule has 13 heavy (non-hydrogen) atoms. The minimum Gasteiger partial charge on any atom is -0.481 e. The van der Waals surface area contributed by atoms with Gasteiger partial charge in [0.25, 0.3) is 0 Å². The van der Waals surface area contributed by atoms with Gasteiger partial charge in [0.15, 0.2) is 0 Å². The van der Waals surface area contributed by atoms with Crippen LogP contribution in [0.3, 0.4) is 0 Å². The van der Waals surface area contributed by atoms with Gasteiger partial charge in [0, 0.05) is 17.4 Å². The average molecular weight is 200 g/mol. The van der Waals surface area contributed by atoms with E-state index in [-0.39, 0.29) is 0 Å². The predicted octanol–water partition coefficient (Wildman–Crippen LogP) is 2.00. The molecule has 4 heteroatoms. The van der Waals surface area contributed by atoms with Gasteiger partial charge in [-0.3, -0.25) is 9.78 Å². The molecule has 1 heterocycles. The smallest absolute Gasteiger partial charge is 0.306 e. The number of hydrogen-bond donors (Lipinski definition) is 1. The fourth-order valence-corrected chi connectivity index (χ4v) is 1.16. The Morgan fingerprint density at radius 1 is 1.77 bits per heavy atom. The number of aliphatic carboxylic acids is 1. The van der Waals surface area contributed by atoms with Gasteiger partial charge in [-0.25, -0.2) is 0 Å². The van der Waals surface area contributed by atoms with Crippen LogP contribution in [0.25, 0.3) is 0 Å². The van der Waals surface area contributed by atoms with Gasteiger partial charge < -0.3 is 5.11 Å². The first-order valence-corrected chi connectivity index (χ1v) is 4.30. The Kier molecular flexibility index (Phi) is 3.25. The van der Waals surface area contributed by atoms with Gasteiger partial charge in [0.05, 0.1) is 5.92 Å². The van der Waals surface area contributed by atoms with E-state index in [2.05, 4.69) is 4.98 Å². The summed E-state index contributed by atoms with van der Waals surface area (Å²) >= 11 is 5.84. The first-order valence-electron chi connectivity index (χ1n) is 3.92. The second kappa shape index (κ2) is 4.23. The molecule has 1 aromatic rings. The fourth-order valence-electron chi connectivity index (χ4n) is 0.978. The lowest BCUT2D eigenvalue weighted by molar-refractivity contribution is -0.141. The molecule has 0 aliphatic heterocycles. The van der Waals surface area contributed by atoms with E-state index < -0.39 is 11.9 Å². The SMILES string of the molecule is CC(Cc1cnccc1Cl)C(=O)O. The van der Waals surface area contributed by atoms with Crippen molar-refractivity contribution in [3.63, 3.8) is 0 Å². The van der Waals surface area contributed by atoms with E-state index >= 15 is 0 Å². The summed E-state index contributed by atoms with van der Waals surface area (Å²) in [6.07, 6.45) is 3.60. The summed E-state index contributed by atoms with van der Waals surface area (Å²) in [6.45, 7) is 1.64. The lowest BCUT2D eigenvalue weighted by atomic mass is 10.0. The van der Waals surface area contributed by atoms with Crippen molar-refractivity contribution in [1.29, 1.82) is 0 Å². The molecule has 0 saturated carbocycles. The molecule has 70 valence electrons. The first kappa shape index (κ1) is 9.99. The molecule has 0 spiro atoms. The van der Waals surface area contributed by atoms with Gasteiger partial charge in [-0.2, -0.15) is 0 Å². The zero-order valence-corrected chi connectivity index (χ0v) is 7.95. The van der Waals surface area contributed by atoms with E-state index in [0.29, 0.717) is 11.4 Å². The number of nitrogens with zero attached hydrogens (tertiary/aromatic N) is 1. The third-order valence-corrected chi connectivity index (χ3v) is 2.16. The van der Waals surface area contributed by atoms with Crippen molar-refractivity contribution >= 4 is 17.6 Å². The maximum Gasteiger partial charge on any atom is 0.306 e. The molecule has 1 atom stereocenters. The number of carboxylic acids is 1. The van der Waals surface area contributed by atoms with Crippen LogP contribution in [-0.2, 0) is 11.2 Å². The molecular formula is C9H10ClNO2. The van der Waals surface area contributed by atoms with Crippen LogP contribution in [0.4, 0.5) is 0 Å². The maximum atomic E-state index is 10.6. The highest BCUT2D eigenvalue weighted by Crippen LogP contribution is 2.17. The molecule has 0 amide bonds. The second-order valence-electron chi connectivity index (χ2n) is 2.91. The number of hydrogen-bond acceptors (Lipinski definition) is 2. The van der Waals surface area contributed by atoms with Crippen molar-refractivity contribution in [2.45, 2.75) is 13.3 Å². The van der Waals surface area contributed by atoms with E-state index in [4.69, 9.17) is 16.7 Å². The van der Waals surface area contributed by atoms with Crippen LogP contribution < -0.4 is 0 Å². The summed E-state index contributed by atoms with van der Waals surface area (Å²) in [6, 6.07) is 1.66. The fraction of sp³-hybridized carbons (Fsp3) is 0.333. The highest BCUT2D eigenvalue weighted by molar-refractivity contribution is 6.31. The van der Waals surface area contributed by atoms with Crippen molar-refractivity contribution in [2.75, 3.05) is 0 Å². The Hall–Kier alpha value is -1.09. The minimum atomic E-state index is -0.820. The summed E-state index contributed by atoms with van der Waals surface area (Å²) in [4.78, 5) is 14.4.